The van der Waals surface area contributed by atoms with Crippen LogP contribution >= 0.6 is 0 Å². The molecule has 0 radical (unpaired) electrons. The highest BCUT2D eigenvalue weighted by Crippen LogP contribution is 2.27. The van der Waals surface area contributed by atoms with E-state index in [9.17, 15) is 4.79 Å². The van der Waals surface area contributed by atoms with E-state index >= 15 is 0 Å². The summed E-state index contributed by atoms with van der Waals surface area (Å²) < 4.78 is 0. The lowest BCUT2D eigenvalue weighted by Crippen LogP contribution is -2.46. The van der Waals surface area contributed by atoms with E-state index in [1.807, 2.05) is 30.5 Å². The van der Waals surface area contributed by atoms with Crippen molar-refractivity contribution >= 4 is 22.7 Å². The molecule has 4 rings (SSSR count). The minimum atomic E-state index is 0.512. The summed E-state index contributed by atoms with van der Waals surface area (Å²) in [6.45, 7) is 2.97. The number of rotatable bonds is 5. The number of carbonyl (C=O) groups excluding carboxylic acids is 1. The third kappa shape index (κ3) is 3.86. The normalized spacial score (nSPS) is 17.4. The molecule has 2 aromatic carbocycles. The highest BCUT2D eigenvalue weighted by atomic mass is 16.1. The Morgan fingerprint density at radius 3 is 2.93 bits per heavy atom. The van der Waals surface area contributed by atoms with Crippen LogP contribution in [-0.4, -0.2) is 42.3 Å². The molecular formula is C23H25N3O. The Kier molecular flexibility index (Phi) is 5.16. The smallest absolute Gasteiger partial charge is 0.150 e. The van der Waals surface area contributed by atoms with Crippen LogP contribution in [0.5, 0.6) is 0 Å². The zero-order valence-electron chi connectivity index (χ0n) is 15.7. The molecule has 138 valence electrons. The van der Waals surface area contributed by atoms with Crippen LogP contribution < -0.4 is 4.90 Å². The third-order valence-electron chi connectivity index (χ3n) is 5.55. The quantitative estimate of drug-likeness (QED) is 0.641. The van der Waals surface area contributed by atoms with Gasteiger partial charge in [-0.05, 0) is 54.9 Å². The molecule has 1 atom stereocenters. The van der Waals surface area contributed by atoms with Gasteiger partial charge in [0.05, 0.1) is 5.69 Å². The standard InChI is InChI=1S/C23H25N3O/c1-25(15-20-8-2-3-12-24-20)22-9-5-13-26(16-22)21-10-11-23-18(14-21)6-4-7-19(23)17-27/h2-4,6-8,10-12,14,17,22H,5,9,13,15-16H2,1H3. The first-order valence-electron chi connectivity index (χ1n) is 9.57. The fraction of sp³-hybridized carbons (Fsp3) is 0.304. The molecule has 1 saturated heterocycles. The van der Waals surface area contributed by atoms with Gasteiger partial charge in [-0.15, -0.1) is 0 Å². The van der Waals surface area contributed by atoms with Gasteiger partial charge in [-0.3, -0.25) is 14.7 Å². The predicted octanol–water partition coefficient (Wildman–Crippen LogP) is 4.15. The molecule has 1 fully saturated rings. The lowest BCUT2D eigenvalue weighted by Gasteiger charge is -2.39. The molecule has 27 heavy (non-hydrogen) atoms. The van der Waals surface area contributed by atoms with Gasteiger partial charge < -0.3 is 4.90 Å². The van der Waals surface area contributed by atoms with E-state index < -0.39 is 0 Å². The summed E-state index contributed by atoms with van der Waals surface area (Å²) in [4.78, 5) is 20.6. The first-order valence-corrected chi connectivity index (χ1v) is 9.57. The second-order valence-corrected chi connectivity index (χ2v) is 7.35. The number of likely N-dealkylation sites (N-methyl/N-ethyl adjacent to an activating group) is 1. The SMILES string of the molecule is CN(Cc1ccccn1)C1CCCN(c2ccc3c(C=O)cccc3c2)C1. The molecule has 1 aliphatic rings. The van der Waals surface area contributed by atoms with Crippen molar-refractivity contribution in [3.8, 4) is 0 Å². The maximum Gasteiger partial charge on any atom is 0.150 e. The van der Waals surface area contributed by atoms with Gasteiger partial charge in [0.15, 0.2) is 6.29 Å². The van der Waals surface area contributed by atoms with E-state index in [0.717, 1.165) is 48.0 Å². The second kappa shape index (κ2) is 7.89. The van der Waals surface area contributed by atoms with Crippen molar-refractivity contribution in [1.29, 1.82) is 0 Å². The van der Waals surface area contributed by atoms with E-state index in [4.69, 9.17) is 0 Å². The van der Waals surface area contributed by atoms with Gasteiger partial charge in [0, 0.05) is 43.1 Å². The van der Waals surface area contributed by atoms with E-state index in [-0.39, 0.29) is 0 Å². The van der Waals surface area contributed by atoms with E-state index in [1.165, 1.54) is 18.5 Å². The van der Waals surface area contributed by atoms with Crippen LogP contribution in [0.25, 0.3) is 10.8 Å². The number of hydrogen-bond acceptors (Lipinski definition) is 4. The number of nitrogens with zero attached hydrogens (tertiary/aromatic N) is 3. The molecule has 0 N–H and O–H groups in total. The minimum Gasteiger partial charge on any atom is -0.370 e. The maximum atomic E-state index is 11.3. The molecule has 4 heteroatoms. The Morgan fingerprint density at radius 1 is 1.19 bits per heavy atom. The maximum absolute atomic E-state index is 11.3. The Balaban J connectivity index is 1.51. The molecule has 0 spiro atoms. The Hall–Kier alpha value is -2.72. The topological polar surface area (TPSA) is 36.4 Å². The fourth-order valence-corrected chi connectivity index (χ4v) is 4.02. The molecule has 0 bridgehead atoms. The summed E-state index contributed by atoms with van der Waals surface area (Å²) in [5, 5.41) is 2.15. The number of aromatic nitrogens is 1. The van der Waals surface area contributed by atoms with Gasteiger partial charge in [-0.2, -0.15) is 0 Å². The number of benzene rings is 2. The molecule has 1 unspecified atom stereocenters. The Morgan fingerprint density at radius 2 is 2.11 bits per heavy atom. The number of piperidine rings is 1. The van der Waals surface area contributed by atoms with E-state index in [1.54, 1.807) is 0 Å². The van der Waals surface area contributed by atoms with Gasteiger partial charge in [0.1, 0.15) is 0 Å². The minimum absolute atomic E-state index is 0.512. The Bertz CT molecular complexity index is 925. The Labute approximate surface area is 160 Å². The van der Waals surface area contributed by atoms with E-state index in [0.29, 0.717) is 6.04 Å². The number of fused-ring (bicyclic) bond motifs is 1. The van der Waals surface area contributed by atoms with Crippen molar-refractivity contribution in [1.82, 2.24) is 9.88 Å². The van der Waals surface area contributed by atoms with E-state index in [2.05, 4.69) is 52.2 Å². The third-order valence-corrected chi connectivity index (χ3v) is 5.55. The van der Waals surface area contributed by atoms with Crippen LogP contribution in [0.2, 0.25) is 0 Å². The molecular weight excluding hydrogens is 334 g/mol. The lowest BCUT2D eigenvalue weighted by atomic mass is 10.0. The van der Waals surface area contributed by atoms with Crippen molar-refractivity contribution in [3.05, 3.63) is 72.1 Å². The van der Waals surface area contributed by atoms with Crippen molar-refractivity contribution < 1.29 is 4.79 Å². The predicted molar refractivity (Wildman–Crippen MR) is 110 cm³/mol. The number of carbonyl (C=O) groups is 1. The van der Waals surface area contributed by atoms with Gasteiger partial charge in [-0.1, -0.05) is 30.3 Å². The summed E-state index contributed by atoms with van der Waals surface area (Å²) in [5.74, 6) is 0. The zero-order valence-corrected chi connectivity index (χ0v) is 15.7. The number of pyridine rings is 1. The summed E-state index contributed by atoms with van der Waals surface area (Å²) in [7, 11) is 2.19. The zero-order chi connectivity index (χ0) is 18.6. The molecule has 0 aliphatic carbocycles. The van der Waals surface area contributed by atoms with Crippen LogP contribution in [0.4, 0.5) is 5.69 Å². The summed E-state index contributed by atoms with van der Waals surface area (Å²) >= 11 is 0. The monoisotopic (exact) mass is 359 g/mol. The van der Waals surface area contributed by atoms with Crippen LogP contribution in [0.15, 0.2) is 60.8 Å². The molecule has 0 saturated carbocycles. The fourth-order valence-electron chi connectivity index (χ4n) is 4.02. The average Bonchev–Trinajstić information content (AvgIpc) is 2.73. The molecule has 4 nitrogen and oxygen atoms in total. The van der Waals surface area contributed by atoms with Crippen LogP contribution in [0.3, 0.4) is 0 Å². The van der Waals surface area contributed by atoms with Gasteiger partial charge in [-0.25, -0.2) is 0 Å². The lowest BCUT2D eigenvalue weighted by molar-refractivity contribution is 0.112. The molecule has 3 aromatic rings. The highest BCUT2D eigenvalue weighted by molar-refractivity contribution is 5.99. The molecule has 1 aliphatic heterocycles. The van der Waals surface area contributed by atoms with Crippen LogP contribution in [0, 0.1) is 0 Å². The molecule has 1 aromatic heterocycles. The second-order valence-electron chi connectivity index (χ2n) is 7.35. The van der Waals surface area contributed by atoms with Crippen molar-refractivity contribution in [2.75, 3.05) is 25.0 Å². The largest absolute Gasteiger partial charge is 0.370 e. The number of aldehydes is 1. The van der Waals surface area contributed by atoms with Crippen LogP contribution in [-0.2, 0) is 6.54 Å². The van der Waals surface area contributed by atoms with Crippen molar-refractivity contribution in [2.45, 2.75) is 25.4 Å². The summed E-state index contributed by atoms with van der Waals surface area (Å²) in [5.41, 5.74) is 3.11. The molecule has 0 amide bonds. The summed E-state index contributed by atoms with van der Waals surface area (Å²) in [6.07, 6.45) is 5.19. The number of anilines is 1. The van der Waals surface area contributed by atoms with Crippen molar-refractivity contribution in [2.24, 2.45) is 0 Å². The highest BCUT2D eigenvalue weighted by Gasteiger charge is 2.24. The van der Waals surface area contributed by atoms with Crippen LogP contribution in [0.1, 0.15) is 28.9 Å². The van der Waals surface area contributed by atoms with Crippen molar-refractivity contribution in [3.63, 3.8) is 0 Å². The first kappa shape index (κ1) is 17.7. The number of hydrogen-bond donors (Lipinski definition) is 0. The van der Waals surface area contributed by atoms with Gasteiger partial charge in [0.25, 0.3) is 0 Å². The average molecular weight is 359 g/mol. The molecule has 2 heterocycles. The first-order chi connectivity index (χ1) is 13.2. The van der Waals surface area contributed by atoms with Gasteiger partial charge in [0.2, 0.25) is 0 Å². The van der Waals surface area contributed by atoms with Gasteiger partial charge >= 0.3 is 0 Å². The summed E-state index contributed by atoms with van der Waals surface area (Å²) in [6, 6.07) is 19.0.